The maximum absolute atomic E-state index is 12.1. The van der Waals surface area contributed by atoms with Crippen molar-refractivity contribution < 1.29 is 23.0 Å². The fourth-order valence-electron chi connectivity index (χ4n) is 1.24. The molecule has 1 aromatic rings. The van der Waals surface area contributed by atoms with Gasteiger partial charge in [-0.2, -0.15) is 0 Å². The molecular weight excluding hydrogens is 322 g/mol. The van der Waals surface area contributed by atoms with Gasteiger partial charge in [0, 0.05) is 4.47 Å². The lowest BCUT2D eigenvalue weighted by molar-refractivity contribution is 0.00680. The van der Waals surface area contributed by atoms with Crippen molar-refractivity contribution in [1.82, 2.24) is 0 Å². The molecule has 1 aromatic carbocycles. The van der Waals surface area contributed by atoms with Gasteiger partial charge in [-0.1, -0.05) is 0 Å². The summed E-state index contributed by atoms with van der Waals surface area (Å²) < 4.78 is 34.7. The second kappa shape index (κ2) is 6.32. The number of esters is 1. The molecular formula is C13H15BrF2O3. The highest BCUT2D eigenvalue weighted by Gasteiger charge is 2.20. The molecule has 0 aromatic heterocycles. The summed E-state index contributed by atoms with van der Waals surface area (Å²) in [5.74, 6) is -0.341. The maximum atomic E-state index is 12.1. The number of ether oxygens (including phenoxy) is 2. The van der Waals surface area contributed by atoms with E-state index in [1.165, 1.54) is 12.1 Å². The Balaban J connectivity index is 2.88. The maximum Gasteiger partial charge on any atom is 0.339 e. The Labute approximate surface area is 119 Å². The van der Waals surface area contributed by atoms with E-state index in [-0.39, 0.29) is 11.3 Å². The zero-order chi connectivity index (χ0) is 14.6. The lowest BCUT2D eigenvalue weighted by Gasteiger charge is -2.20. The van der Waals surface area contributed by atoms with Crippen LogP contribution in [-0.4, -0.2) is 24.6 Å². The van der Waals surface area contributed by atoms with E-state index in [1.54, 1.807) is 26.8 Å². The van der Waals surface area contributed by atoms with Gasteiger partial charge < -0.3 is 9.47 Å². The van der Waals surface area contributed by atoms with Gasteiger partial charge in [0.2, 0.25) is 0 Å². The monoisotopic (exact) mass is 336 g/mol. The third kappa shape index (κ3) is 5.55. The predicted molar refractivity (Wildman–Crippen MR) is 70.8 cm³/mol. The van der Waals surface area contributed by atoms with Gasteiger partial charge in [0.1, 0.15) is 18.0 Å². The van der Waals surface area contributed by atoms with Crippen LogP contribution < -0.4 is 4.74 Å². The molecule has 3 nitrogen and oxygen atoms in total. The SMILES string of the molecule is CC(C)(C)OC(=O)c1cc(OCC(F)F)ccc1Br. The van der Waals surface area contributed by atoms with E-state index in [4.69, 9.17) is 9.47 Å². The number of alkyl halides is 2. The second-order valence-corrected chi connectivity index (χ2v) is 5.70. The molecule has 0 aliphatic heterocycles. The molecule has 0 amide bonds. The number of halogens is 3. The molecule has 0 bridgehead atoms. The second-order valence-electron chi connectivity index (χ2n) is 4.85. The Bertz CT molecular complexity index is 456. The average Bonchev–Trinajstić information content (AvgIpc) is 2.25. The van der Waals surface area contributed by atoms with Crippen molar-refractivity contribution >= 4 is 21.9 Å². The normalized spacial score (nSPS) is 11.5. The fraction of sp³-hybridized carbons (Fsp3) is 0.462. The third-order valence-electron chi connectivity index (χ3n) is 1.93. The van der Waals surface area contributed by atoms with Crippen molar-refractivity contribution in [3.63, 3.8) is 0 Å². The van der Waals surface area contributed by atoms with Crippen LogP contribution in [0.2, 0.25) is 0 Å². The van der Waals surface area contributed by atoms with Gasteiger partial charge in [0.25, 0.3) is 6.43 Å². The highest BCUT2D eigenvalue weighted by molar-refractivity contribution is 9.10. The molecule has 0 fully saturated rings. The molecule has 19 heavy (non-hydrogen) atoms. The Morgan fingerprint density at radius 3 is 2.53 bits per heavy atom. The zero-order valence-corrected chi connectivity index (χ0v) is 12.5. The molecule has 0 aliphatic rings. The van der Waals surface area contributed by atoms with Gasteiger partial charge in [0.05, 0.1) is 5.56 Å². The van der Waals surface area contributed by atoms with Crippen LogP contribution in [0.1, 0.15) is 31.1 Å². The highest BCUT2D eigenvalue weighted by Crippen LogP contribution is 2.25. The van der Waals surface area contributed by atoms with Gasteiger partial charge in [-0.05, 0) is 54.9 Å². The number of carbonyl (C=O) groups excluding carboxylic acids is 1. The first kappa shape index (κ1) is 15.9. The summed E-state index contributed by atoms with van der Waals surface area (Å²) in [6, 6.07) is 4.43. The molecule has 6 heteroatoms. The van der Waals surface area contributed by atoms with Crippen LogP contribution in [0.5, 0.6) is 5.75 Å². The molecule has 0 atom stereocenters. The molecule has 0 radical (unpaired) electrons. The minimum absolute atomic E-state index is 0.198. The van der Waals surface area contributed by atoms with Gasteiger partial charge in [0.15, 0.2) is 0 Å². The van der Waals surface area contributed by atoms with Crippen LogP contribution in [0.15, 0.2) is 22.7 Å². The Morgan fingerprint density at radius 1 is 1.37 bits per heavy atom. The van der Waals surface area contributed by atoms with Crippen molar-refractivity contribution in [3.8, 4) is 5.75 Å². The molecule has 0 unspecified atom stereocenters. The van der Waals surface area contributed by atoms with Crippen LogP contribution in [0.4, 0.5) is 8.78 Å². The molecule has 0 spiro atoms. The van der Waals surface area contributed by atoms with Crippen molar-refractivity contribution in [2.24, 2.45) is 0 Å². The summed E-state index contributed by atoms with van der Waals surface area (Å²) in [5.41, 5.74) is -0.391. The van der Waals surface area contributed by atoms with Crippen LogP contribution in [0, 0.1) is 0 Å². The van der Waals surface area contributed by atoms with Crippen LogP contribution >= 0.6 is 15.9 Å². The first-order chi connectivity index (χ1) is 8.69. The van der Waals surface area contributed by atoms with Crippen molar-refractivity contribution in [3.05, 3.63) is 28.2 Å². The number of rotatable bonds is 4. The molecule has 0 saturated heterocycles. The Hall–Kier alpha value is -1.17. The quantitative estimate of drug-likeness (QED) is 0.778. The smallest absolute Gasteiger partial charge is 0.339 e. The Morgan fingerprint density at radius 2 is 2.00 bits per heavy atom. The molecule has 0 N–H and O–H groups in total. The molecule has 106 valence electrons. The standard InChI is InChI=1S/C13H15BrF2O3/c1-13(2,3)19-12(17)9-6-8(4-5-10(9)14)18-7-11(15)16/h4-6,11H,7H2,1-3H3. The van der Waals surface area contributed by atoms with Gasteiger partial charge in [-0.3, -0.25) is 0 Å². The zero-order valence-electron chi connectivity index (χ0n) is 10.9. The van der Waals surface area contributed by atoms with Gasteiger partial charge >= 0.3 is 5.97 Å². The van der Waals surface area contributed by atoms with Crippen molar-refractivity contribution in [2.75, 3.05) is 6.61 Å². The Kier molecular flexibility index (Phi) is 5.29. The van der Waals surface area contributed by atoms with E-state index in [9.17, 15) is 13.6 Å². The number of benzene rings is 1. The van der Waals surface area contributed by atoms with Gasteiger partial charge in [-0.25, -0.2) is 13.6 Å². The summed E-state index contributed by atoms with van der Waals surface area (Å²) in [6.07, 6.45) is -2.56. The minimum Gasteiger partial charge on any atom is -0.488 e. The fourth-order valence-corrected chi connectivity index (χ4v) is 1.65. The predicted octanol–water partition coefficient (Wildman–Crippen LogP) is 4.05. The summed E-state index contributed by atoms with van der Waals surface area (Å²) in [7, 11) is 0. The average molecular weight is 337 g/mol. The van der Waals surface area contributed by atoms with Crippen LogP contribution in [0.3, 0.4) is 0 Å². The number of hydrogen-bond acceptors (Lipinski definition) is 3. The molecule has 1 rings (SSSR count). The number of carbonyl (C=O) groups is 1. The highest BCUT2D eigenvalue weighted by atomic mass is 79.9. The summed E-state index contributed by atoms with van der Waals surface area (Å²) in [6.45, 7) is 4.53. The van der Waals surface area contributed by atoms with Gasteiger partial charge in [-0.15, -0.1) is 0 Å². The molecule has 0 heterocycles. The van der Waals surface area contributed by atoms with Crippen molar-refractivity contribution in [2.45, 2.75) is 32.8 Å². The summed E-state index contributed by atoms with van der Waals surface area (Å²) >= 11 is 3.21. The lowest BCUT2D eigenvalue weighted by atomic mass is 10.1. The van der Waals surface area contributed by atoms with E-state index in [0.717, 1.165) is 0 Å². The lowest BCUT2D eigenvalue weighted by Crippen LogP contribution is -2.24. The number of hydrogen-bond donors (Lipinski definition) is 0. The molecule has 0 aliphatic carbocycles. The van der Waals surface area contributed by atoms with Crippen molar-refractivity contribution in [1.29, 1.82) is 0 Å². The van der Waals surface area contributed by atoms with E-state index >= 15 is 0 Å². The summed E-state index contributed by atoms with van der Waals surface area (Å²) in [5, 5.41) is 0. The largest absolute Gasteiger partial charge is 0.488 e. The molecule has 0 saturated carbocycles. The topological polar surface area (TPSA) is 35.5 Å². The van der Waals surface area contributed by atoms with E-state index in [2.05, 4.69) is 15.9 Å². The minimum atomic E-state index is -2.56. The van der Waals surface area contributed by atoms with E-state index in [1.807, 2.05) is 0 Å². The summed E-state index contributed by atoms with van der Waals surface area (Å²) in [4.78, 5) is 11.9. The van der Waals surface area contributed by atoms with E-state index in [0.29, 0.717) is 4.47 Å². The van der Waals surface area contributed by atoms with E-state index < -0.39 is 24.6 Å². The van der Waals surface area contributed by atoms with Crippen LogP contribution in [0.25, 0.3) is 0 Å². The first-order valence-corrected chi connectivity index (χ1v) is 6.42. The third-order valence-corrected chi connectivity index (χ3v) is 2.62. The first-order valence-electron chi connectivity index (χ1n) is 5.63. The van der Waals surface area contributed by atoms with Crippen LogP contribution in [-0.2, 0) is 4.74 Å².